The summed E-state index contributed by atoms with van der Waals surface area (Å²) in [6.07, 6.45) is 5.58. The van der Waals surface area contributed by atoms with Crippen LogP contribution in [0.15, 0.2) is 91.4 Å². The molecule has 1 aromatic carbocycles. The maximum atomic E-state index is 11.3. The average molecular weight is 405 g/mol. The third kappa shape index (κ3) is 3.67. The second-order valence-corrected chi connectivity index (χ2v) is 7.14. The first-order chi connectivity index (χ1) is 15.2. The zero-order valence-electron chi connectivity index (χ0n) is 16.9. The van der Waals surface area contributed by atoms with E-state index in [1.807, 2.05) is 72.9 Å². The van der Waals surface area contributed by atoms with E-state index in [9.17, 15) is 4.79 Å². The van der Waals surface area contributed by atoms with Crippen molar-refractivity contribution < 1.29 is 4.79 Å². The number of hydrogen-bond donors (Lipinski definition) is 1. The van der Waals surface area contributed by atoms with Crippen molar-refractivity contribution >= 4 is 17.2 Å². The third-order valence-corrected chi connectivity index (χ3v) is 4.97. The average Bonchev–Trinajstić information content (AvgIpc) is 3.20. The van der Waals surface area contributed by atoms with Gasteiger partial charge in [-0.2, -0.15) is 0 Å². The lowest BCUT2D eigenvalue weighted by Crippen LogP contribution is -2.05. The number of nitrogens with zero attached hydrogens (tertiary/aromatic N) is 4. The molecule has 5 aromatic rings. The fourth-order valence-electron chi connectivity index (χ4n) is 3.62. The molecule has 31 heavy (non-hydrogen) atoms. The van der Waals surface area contributed by atoms with E-state index in [-0.39, 0.29) is 5.91 Å². The van der Waals surface area contributed by atoms with Crippen molar-refractivity contribution in [2.24, 2.45) is 0 Å². The van der Waals surface area contributed by atoms with Gasteiger partial charge in [0, 0.05) is 42.3 Å². The SMILES string of the molecule is CC(=O)Nc1ccc(-c2cc(-c3c(-c4ccccn4)nc4ccccn34)ccn2)cc1. The van der Waals surface area contributed by atoms with E-state index in [0.29, 0.717) is 0 Å². The number of amides is 1. The van der Waals surface area contributed by atoms with Crippen molar-refractivity contribution in [3.63, 3.8) is 0 Å². The van der Waals surface area contributed by atoms with Gasteiger partial charge in [0.15, 0.2) is 0 Å². The monoisotopic (exact) mass is 405 g/mol. The molecule has 0 aliphatic carbocycles. The van der Waals surface area contributed by atoms with E-state index in [1.165, 1.54) is 6.92 Å². The quantitative estimate of drug-likeness (QED) is 0.452. The van der Waals surface area contributed by atoms with Crippen LogP contribution in [0.1, 0.15) is 6.92 Å². The summed E-state index contributed by atoms with van der Waals surface area (Å²) in [5, 5.41) is 2.79. The van der Waals surface area contributed by atoms with Gasteiger partial charge >= 0.3 is 0 Å². The minimum atomic E-state index is -0.0949. The molecule has 0 bridgehead atoms. The zero-order chi connectivity index (χ0) is 21.2. The maximum absolute atomic E-state index is 11.3. The predicted molar refractivity (Wildman–Crippen MR) is 121 cm³/mol. The Kier molecular flexibility index (Phi) is 4.72. The fourth-order valence-corrected chi connectivity index (χ4v) is 3.62. The summed E-state index contributed by atoms with van der Waals surface area (Å²) in [6.45, 7) is 1.49. The number of carbonyl (C=O) groups excluding carboxylic acids is 1. The molecule has 0 radical (unpaired) electrons. The summed E-state index contributed by atoms with van der Waals surface area (Å²) in [5.74, 6) is -0.0949. The highest BCUT2D eigenvalue weighted by Crippen LogP contribution is 2.33. The first-order valence-corrected chi connectivity index (χ1v) is 9.92. The molecule has 6 nitrogen and oxygen atoms in total. The van der Waals surface area contributed by atoms with Crippen LogP contribution in [0, 0.1) is 0 Å². The van der Waals surface area contributed by atoms with E-state index < -0.39 is 0 Å². The van der Waals surface area contributed by atoms with Gasteiger partial charge in [-0.1, -0.05) is 24.3 Å². The van der Waals surface area contributed by atoms with Crippen molar-refractivity contribution in [2.45, 2.75) is 6.92 Å². The van der Waals surface area contributed by atoms with E-state index in [1.54, 1.807) is 12.4 Å². The molecule has 150 valence electrons. The number of aromatic nitrogens is 4. The van der Waals surface area contributed by atoms with Crippen LogP contribution in [0.25, 0.3) is 39.5 Å². The molecule has 0 spiro atoms. The number of hydrogen-bond acceptors (Lipinski definition) is 4. The van der Waals surface area contributed by atoms with E-state index in [4.69, 9.17) is 4.98 Å². The summed E-state index contributed by atoms with van der Waals surface area (Å²) in [5.41, 5.74) is 7.02. The Hall–Kier alpha value is -4.32. The molecular formula is C25H19N5O. The molecule has 0 atom stereocenters. The largest absolute Gasteiger partial charge is 0.326 e. The van der Waals surface area contributed by atoms with Crippen molar-refractivity contribution in [3.05, 3.63) is 91.4 Å². The van der Waals surface area contributed by atoms with E-state index in [0.717, 1.165) is 45.2 Å². The standard InChI is InChI=1S/C25H19N5O/c1-17(31)28-20-10-8-18(9-11-20)22-16-19(12-14-27-22)25-24(21-6-2-4-13-26-21)29-23-7-3-5-15-30(23)25/h2-16H,1H3,(H,28,31). The molecule has 4 heterocycles. The minimum absolute atomic E-state index is 0.0949. The topological polar surface area (TPSA) is 72.2 Å². The number of imidazole rings is 1. The van der Waals surface area contributed by atoms with Gasteiger partial charge in [-0.05, 0) is 48.5 Å². The number of nitrogens with one attached hydrogen (secondary N) is 1. The molecule has 0 fully saturated rings. The number of benzene rings is 1. The Labute approximate surface area is 179 Å². The number of anilines is 1. The van der Waals surface area contributed by atoms with Crippen molar-refractivity contribution in [1.29, 1.82) is 0 Å². The molecule has 0 saturated carbocycles. The van der Waals surface area contributed by atoms with Gasteiger partial charge < -0.3 is 5.32 Å². The molecule has 1 amide bonds. The highest BCUT2D eigenvalue weighted by molar-refractivity contribution is 5.89. The molecule has 5 rings (SSSR count). The predicted octanol–water partition coefficient (Wildman–Crippen LogP) is 5.08. The van der Waals surface area contributed by atoms with Crippen molar-refractivity contribution in [3.8, 4) is 33.9 Å². The van der Waals surface area contributed by atoms with Gasteiger partial charge in [0.1, 0.15) is 11.3 Å². The van der Waals surface area contributed by atoms with Crippen LogP contribution < -0.4 is 5.32 Å². The first kappa shape index (κ1) is 18.7. The molecular weight excluding hydrogens is 386 g/mol. The molecule has 0 unspecified atom stereocenters. The van der Waals surface area contributed by atoms with Crippen LogP contribution in [0.2, 0.25) is 0 Å². The lowest BCUT2D eigenvalue weighted by atomic mass is 10.0. The fraction of sp³-hybridized carbons (Fsp3) is 0.0400. The van der Waals surface area contributed by atoms with Crippen LogP contribution in [0.4, 0.5) is 5.69 Å². The molecule has 0 aliphatic heterocycles. The highest BCUT2D eigenvalue weighted by atomic mass is 16.1. The molecule has 0 saturated heterocycles. The molecule has 0 aliphatic rings. The summed E-state index contributed by atoms with van der Waals surface area (Å²) < 4.78 is 2.07. The Bertz CT molecular complexity index is 1370. The molecule has 4 aromatic heterocycles. The van der Waals surface area contributed by atoms with Crippen molar-refractivity contribution in [2.75, 3.05) is 5.32 Å². The Morgan fingerprint density at radius 2 is 1.65 bits per heavy atom. The first-order valence-electron chi connectivity index (χ1n) is 9.92. The Balaban J connectivity index is 1.63. The summed E-state index contributed by atoms with van der Waals surface area (Å²) in [7, 11) is 0. The molecule has 1 N–H and O–H groups in total. The Morgan fingerprint density at radius 1 is 0.839 bits per heavy atom. The highest BCUT2D eigenvalue weighted by Gasteiger charge is 2.17. The van der Waals surface area contributed by atoms with Gasteiger partial charge in [0.25, 0.3) is 0 Å². The van der Waals surface area contributed by atoms with Crippen LogP contribution in [-0.4, -0.2) is 25.3 Å². The summed E-state index contributed by atoms with van der Waals surface area (Å²) in [6, 6.07) is 23.5. The summed E-state index contributed by atoms with van der Waals surface area (Å²) in [4.78, 5) is 25.2. The van der Waals surface area contributed by atoms with E-state index >= 15 is 0 Å². The van der Waals surface area contributed by atoms with Gasteiger partial charge in [-0.15, -0.1) is 0 Å². The third-order valence-electron chi connectivity index (χ3n) is 4.97. The minimum Gasteiger partial charge on any atom is -0.326 e. The van der Waals surface area contributed by atoms with Gasteiger partial charge in [-0.25, -0.2) is 4.98 Å². The lowest BCUT2D eigenvalue weighted by molar-refractivity contribution is -0.114. The molecule has 6 heteroatoms. The summed E-state index contributed by atoms with van der Waals surface area (Å²) >= 11 is 0. The normalized spacial score (nSPS) is 10.9. The van der Waals surface area contributed by atoms with Crippen LogP contribution in [-0.2, 0) is 4.79 Å². The van der Waals surface area contributed by atoms with Crippen molar-refractivity contribution in [1.82, 2.24) is 19.4 Å². The Morgan fingerprint density at radius 3 is 2.42 bits per heavy atom. The number of rotatable bonds is 4. The number of pyridine rings is 3. The van der Waals surface area contributed by atoms with Crippen LogP contribution in [0.3, 0.4) is 0 Å². The zero-order valence-corrected chi connectivity index (χ0v) is 16.9. The maximum Gasteiger partial charge on any atom is 0.221 e. The van der Waals surface area contributed by atoms with Crippen LogP contribution >= 0.6 is 0 Å². The van der Waals surface area contributed by atoms with Gasteiger partial charge in [-0.3, -0.25) is 19.2 Å². The second kappa shape index (κ2) is 7.84. The number of carbonyl (C=O) groups is 1. The number of fused-ring (bicyclic) bond motifs is 1. The van der Waals surface area contributed by atoms with Crippen LogP contribution in [0.5, 0.6) is 0 Å². The van der Waals surface area contributed by atoms with Gasteiger partial charge in [0.05, 0.1) is 17.1 Å². The second-order valence-electron chi connectivity index (χ2n) is 7.14. The lowest BCUT2D eigenvalue weighted by Gasteiger charge is -2.08. The smallest absolute Gasteiger partial charge is 0.221 e. The van der Waals surface area contributed by atoms with E-state index in [2.05, 4.69) is 25.8 Å². The van der Waals surface area contributed by atoms with Gasteiger partial charge in [0.2, 0.25) is 5.91 Å².